The van der Waals surface area contributed by atoms with E-state index in [1.54, 1.807) is 0 Å². The lowest BCUT2D eigenvalue weighted by atomic mass is 9.49. The van der Waals surface area contributed by atoms with Gasteiger partial charge in [0.15, 0.2) is 5.79 Å². The molecule has 0 bridgehead atoms. The van der Waals surface area contributed by atoms with Crippen LogP contribution in [0.25, 0.3) is 0 Å². The van der Waals surface area contributed by atoms with E-state index in [1.165, 1.54) is 7.11 Å². The van der Waals surface area contributed by atoms with Gasteiger partial charge in [-0.25, -0.2) is 4.79 Å². The zero-order valence-electron chi connectivity index (χ0n) is 15.5. The lowest BCUT2D eigenvalue weighted by molar-refractivity contribution is -0.164. The van der Waals surface area contributed by atoms with E-state index >= 15 is 0 Å². The molecule has 1 aliphatic heterocycles. The minimum absolute atomic E-state index is 0.00120. The van der Waals surface area contributed by atoms with Crippen LogP contribution < -0.4 is 0 Å². The molecule has 0 aromatic carbocycles. The molecule has 23 heavy (non-hydrogen) atoms. The summed E-state index contributed by atoms with van der Waals surface area (Å²) in [5, 5.41) is 0. The predicted molar refractivity (Wildman–Crippen MR) is 87.8 cm³/mol. The average molecular weight is 322 g/mol. The van der Waals surface area contributed by atoms with E-state index in [-0.39, 0.29) is 34.9 Å². The first kappa shape index (κ1) is 17.0. The molecule has 3 rings (SSSR count). The summed E-state index contributed by atoms with van der Waals surface area (Å²) in [7, 11) is 1.47. The third kappa shape index (κ3) is 2.37. The number of hydrogen-bond acceptors (Lipinski definition) is 4. The predicted octanol–water partition coefficient (Wildman–Crippen LogP) is 3.84. The Hall–Kier alpha value is -0.870. The van der Waals surface area contributed by atoms with E-state index in [2.05, 4.69) is 20.8 Å². The highest BCUT2D eigenvalue weighted by Gasteiger charge is 2.63. The Morgan fingerprint density at radius 2 is 1.78 bits per heavy atom. The van der Waals surface area contributed by atoms with Crippen molar-refractivity contribution in [2.45, 2.75) is 78.8 Å². The van der Waals surface area contributed by atoms with E-state index in [1.807, 2.05) is 20.8 Å². The Kier molecular flexibility index (Phi) is 3.73. The number of carbonyl (C=O) groups is 1. The molecule has 0 N–H and O–H groups in total. The van der Waals surface area contributed by atoms with Crippen molar-refractivity contribution in [3.8, 4) is 0 Å². The van der Waals surface area contributed by atoms with Crippen LogP contribution >= 0.6 is 0 Å². The van der Waals surface area contributed by atoms with Gasteiger partial charge in [0.2, 0.25) is 0 Å². The van der Waals surface area contributed by atoms with Crippen molar-refractivity contribution < 1.29 is 19.0 Å². The maximum atomic E-state index is 12.6. The molecule has 0 spiro atoms. The molecule has 4 atom stereocenters. The zero-order chi connectivity index (χ0) is 17.2. The molecule has 0 aromatic heterocycles. The number of methoxy groups -OCH3 is 1. The molecule has 1 saturated carbocycles. The van der Waals surface area contributed by atoms with Gasteiger partial charge in [-0.15, -0.1) is 0 Å². The Morgan fingerprint density at radius 3 is 2.39 bits per heavy atom. The van der Waals surface area contributed by atoms with Crippen molar-refractivity contribution in [1.82, 2.24) is 0 Å². The van der Waals surface area contributed by atoms with Gasteiger partial charge in [0, 0.05) is 16.9 Å². The van der Waals surface area contributed by atoms with Gasteiger partial charge in [-0.2, -0.15) is 0 Å². The van der Waals surface area contributed by atoms with E-state index in [4.69, 9.17) is 14.2 Å². The van der Waals surface area contributed by atoms with Crippen LogP contribution in [-0.4, -0.2) is 31.1 Å². The lowest BCUT2D eigenvalue weighted by Gasteiger charge is -2.56. The van der Waals surface area contributed by atoms with Gasteiger partial charge in [-0.05, 0) is 44.6 Å². The van der Waals surface area contributed by atoms with Gasteiger partial charge >= 0.3 is 5.97 Å². The summed E-state index contributed by atoms with van der Waals surface area (Å²) in [6.45, 7) is 12.8. The van der Waals surface area contributed by atoms with E-state index < -0.39 is 5.79 Å². The van der Waals surface area contributed by atoms with Crippen molar-refractivity contribution in [3.63, 3.8) is 0 Å². The summed E-state index contributed by atoms with van der Waals surface area (Å²) >= 11 is 0. The molecule has 0 aromatic rings. The van der Waals surface area contributed by atoms with Gasteiger partial charge in [0.05, 0.1) is 13.2 Å². The first-order chi connectivity index (χ1) is 10.5. The normalized spacial score (nSPS) is 41.3. The van der Waals surface area contributed by atoms with Gasteiger partial charge in [-0.1, -0.05) is 27.2 Å². The monoisotopic (exact) mass is 322 g/mol. The van der Waals surface area contributed by atoms with Crippen molar-refractivity contribution in [2.24, 2.45) is 16.7 Å². The molecular formula is C19H30O4. The second-order valence-electron chi connectivity index (χ2n) is 8.81. The summed E-state index contributed by atoms with van der Waals surface area (Å²) in [5.74, 6) is -0.580. The molecule has 4 nitrogen and oxygen atoms in total. The Balaban J connectivity index is 2.20. The lowest BCUT2D eigenvalue weighted by Crippen LogP contribution is -2.57. The Morgan fingerprint density at radius 1 is 1.13 bits per heavy atom. The minimum atomic E-state index is -0.614. The highest BCUT2D eigenvalue weighted by atomic mass is 16.8. The zero-order valence-corrected chi connectivity index (χ0v) is 15.5. The summed E-state index contributed by atoms with van der Waals surface area (Å²) in [4.78, 5) is 12.6. The fourth-order valence-corrected chi connectivity index (χ4v) is 5.63. The molecule has 1 heterocycles. The first-order valence-electron chi connectivity index (χ1n) is 8.69. The molecule has 2 fully saturated rings. The molecule has 2 aliphatic carbocycles. The van der Waals surface area contributed by atoms with Gasteiger partial charge < -0.3 is 14.2 Å². The van der Waals surface area contributed by atoms with Crippen LogP contribution in [0.2, 0.25) is 0 Å². The molecular weight excluding hydrogens is 292 g/mol. The third-order valence-electron chi connectivity index (χ3n) is 6.28. The van der Waals surface area contributed by atoms with Crippen molar-refractivity contribution in [2.75, 3.05) is 7.11 Å². The third-order valence-corrected chi connectivity index (χ3v) is 6.28. The number of carbonyl (C=O) groups excluding carboxylic acids is 1. The molecule has 0 amide bonds. The average Bonchev–Trinajstić information content (AvgIpc) is 2.72. The van der Waals surface area contributed by atoms with Gasteiger partial charge in [0.1, 0.15) is 6.10 Å². The summed E-state index contributed by atoms with van der Waals surface area (Å²) < 4.78 is 17.7. The topological polar surface area (TPSA) is 44.8 Å². The molecule has 0 radical (unpaired) electrons. The van der Waals surface area contributed by atoms with Crippen LogP contribution in [-0.2, 0) is 19.0 Å². The standard InChI is InChI=1S/C19H30O4/c1-11-12(16(20)21-7)19(6)10-8-9-17(2,3)15(19)14-13(11)22-18(4,5)23-14/h13-15H,8-10H2,1-7H3/t13-,14-,15?,19-/m1/s1. The Labute approximate surface area is 139 Å². The summed E-state index contributed by atoms with van der Waals surface area (Å²) in [5.41, 5.74) is 1.69. The van der Waals surface area contributed by atoms with E-state index in [9.17, 15) is 4.79 Å². The number of ether oxygens (including phenoxy) is 3. The largest absolute Gasteiger partial charge is 0.466 e. The number of fused-ring (bicyclic) bond motifs is 3. The molecule has 4 heteroatoms. The van der Waals surface area contributed by atoms with Crippen LogP contribution in [0.5, 0.6) is 0 Å². The molecule has 130 valence electrons. The molecule has 1 unspecified atom stereocenters. The van der Waals surface area contributed by atoms with Crippen LogP contribution in [0.3, 0.4) is 0 Å². The van der Waals surface area contributed by atoms with Gasteiger partial charge in [0.25, 0.3) is 0 Å². The SMILES string of the molecule is COC(=O)C1=C(C)[C@H]2OC(C)(C)O[C@H]2C2C(C)(C)CCC[C@]12C. The maximum absolute atomic E-state index is 12.6. The molecule has 1 saturated heterocycles. The highest BCUT2D eigenvalue weighted by Crippen LogP contribution is 2.62. The number of esters is 1. The summed E-state index contributed by atoms with van der Waals surface area (Å²) in [6.07, 6.45) is 3.10. The van der Waals surface area contributed by atoms with E-state index in [0.29, 0.717) is 0 Å². The van der Waals surface area contributed by atoms with Gasteiger partial charge in [-0.3, -0.25) is 0 Å². The van der Waals surface area contributed by atoms with Crippen molar-refractivity contribution in [3.05, 3.63) is 11.1 Å². The fraction of sp³-hybridized carbons (Fsp3) is 0.842. The summed E-state index contributed by atoms with van der Waals surface area (Å²) in [6, 6.07) is 0. The van der Waals surface area contributed by atoms with E-state index in [0.717, 1.165) is 30.4 Å². The van der Waals surface area contributed by atoms with Crippen LogP contribution in [0, 0.1) is 16.7 Å². The second kappa shape index (κ2) is 5.06. The second-order valence-corrected chi connectivity index (χ2v) is 8.81. The van der Waals surface area contributed by atoms with Crippen molar-refractivity contribution in [1.29, 1.82) is 0 Å². The quantitative estimate of drug-likeness (QED) is 0.688. The van der Waals surface area contributed by atoms with Crippen LogP contribution in [0.1, 0.15) is 60.8 Å². The molecule has 3 aliphatic rings. The number of hydrogen-bond donors (Lipinski definition) is 0. The maximum Gasteiger partial charge on any atom is 0.334 e. The van der Waals surface area contributed by atoms with Crippen LogP contribution in [0.15, 0.2) is 11.1 Å². The fourth-order valence-electron chi connectivity index (χ4n) is 5.63. The van der Waals surface area contributed by atoms with Crippen LogP contribution in [0.4, 0.5) is 0 Å². The smallest absolute Gasteiger partial charge is 0.334 e. The van der Waals surface area contributed by atoms with Crippen molar-refractivity contribution >= 4 is 5.97 Å². The Bertz CT molecular complexity index is 560. The number of rotatable bonds is 1. The first-order valence-corrected chi connectivity index (χ1v) is 8.69. The minimum Gasteiger partial charge on any atom is -0.466 e. The highest BCUT2D eigenvalue weighted by molar-refractivity contribution is 5.91.